The lowest BCUT2D eigenvalue weighted by atomic mass is 9.90. The average Bonchev–Trinajstić information content (AvgIpc) is 3.67. The fourth-order valence-electron chi connectivity index (χ4n) is 7.86. The number of aryl methyl sites for hydroxylation is 3. The average molecular weight is 778 g/mol. The standard InChI is InChI=1S/C43H39N9O6/c1-25-19-30-34(50(2)43(25)56)21-37(51-15-17-57-18-16-51)48-40(30)52-14-4-6-32-35(52)23-46-39(47-32)27-8-10-33(45-22-27)42(55)44-13-3-5-26-7-11-36-29(20-26)31(24-58-36)28-9-12-38(53)49-41(28)54/h7-8,10-11,19-24,28H,4,6,9,12-18H2,1-2H3,(H,44,55)(H,49,53,54)/t28-/m0/s1. The fourth-order valence-corrected chi connectivity index (χ4v) is 7.86. The molecule has 1 aromatic carbocycles. The van der Waals surface area contributed by atoms with Crippen LogP contribution in [-0.2, 0) is 27.8 Å². The van der Waals surface area contributed by atoms with Crippen LogP contribution in [0.1, 0.15) is 58.1 Å². The summed E-state index contributed by atoms with van der Waals surface area (Å²) in [5, 5.41) is 6.84. The molecule has 2 fully saturated rings. The number of hydrogen-bond donors (Lipinski definition) is 2. The lowest BCUT2D eigenvalue weighted by Crippen LogP contribution is -2.39. The van der Waals surface area contributed by atoms with Crippen LogP contribution in [0.15, 0.2) is 70.3 Å². The number of rotatable bonds is 6. The second-order valence-electron chi connectivity index (χ2n) is 14.6. The van der Waals surface area contributed by atoms with E-state index in [1.807, 2.05) is 37.4 Å². The van der Waals surface area contributed by atoms with Crippen molar-refractivity contribution in [3.8, 4) is 23.2 Å². The number of hydrogen-bond acceptors (Lipinski definition) is 12. The van der Waals surface area contributed by atoms with Crippen LogP contribution in [0.5, 0.6) is 0 Å². The molecule has 8 heterocycles. The summed E-state index contributed by atoms with van der Waals surface area (Å²) in [4.78, 5) is 73.7. The van der Waals surface area contributed by atoms with E-state index in [1.54, 1.807) is 42.3 Å². The van der Waals surface area contributed by atoms with Gasteiger partial charge < -0.3 is 28.8 Å². The summed E-state index contributed by atoms with van der Waals surface area (Å²) in [6.07, 6.45) is 7.27. The summed E-state index contributed by atoms with van der Waals surface area (Å²) < 4.78 is 12.9. The first-order valence-electron chi connectivity index (χ1n) is 19.3. The molecule has 6 aromatic rings. The molecule has 1 atom stereocenters. The van der Waals surface area contributed by atoms with Crippen LogP contribution < -0.4 is 26.0 Å². The van der Waals surface area contributed by atoms with Crippen LogP contribution in [-0.4, -0.2) is 81.6 Å². The first-order valence-corrected chi connectivity index (χ1v) is 19.3. The number of anilines is 3. The zero-order valence-corrected chi connectivity index (χ0v) is 32.0. The summed E-state index contributed by atoms with van der Waals surface area (Å²) in [5.41, 5.74) is 6.09. The Morgan fingerprint density at radius 3 is 2.66 bits per heavy atom. The number of furan rings is 1. The van der Waals surface area contributed by atoms with Gasteiger partial charge in [-0.2, -0.15) is 0 Å². The number of piperidine rings is 1. The van der Waals surface area contributed by atoms with Crippen LogP contribution in [0.2, 0.25) is 0 Å². The van der Waals surface area contributed by atoms with E-state index in [1.165, 1.54) is 0 Å². The summed E-state index contributed by atoms with van der Waals surface area (Å²) in [5.74, 6) is 6.64. The minimum absolute atomic E-state index is 0.0419. The van der Waals surface area contributed by atoms with Crippen molar-refractivity contribution in [1.82, 2.24) is 35.1 Å². The van der Waals surface area contributed by atoms with Crippen molar-refractivity contribution in [2.24, 2.45) is 7.05 Å². The molecular formula is C43H39N9O6. The Balaban J connectivity index is 0.900. The van der Waals surface area contributed by atoms with E-state index in [-0.39, 0.29) is 41.9 Å². The molecule has 0 bridgehead atoms. The van der Waals surface area contributed by atoms with E-state index >= 15 is 0 Å². The Morgan fingerprint density at radius 1 is 0.983 bits per heavy atom. The number of nitrogens with one attached hydrogen (secondary N) is 2. The number of morpholine rings is 1. The number of amides is 3. The van der Waals surface area contributed by atoms with Gasteiger partial charge >= 0.3 is 0 Å². The molecule has 0 spiro atoms. The number of ether oxygens (including phenoxy) is 1. The third-order valence-corrected chi connectivity index (χ3v) is 10.9. The van der Waals surface area contributed by atoms with E-state index < -0.39 is 5.92 Å². The van der Waals surface area contributed by atoms with Gasteiger partial charge in [0.05, 0.1) is 55.0 Å². The van der Waals surface area contributed by atoms with Crippen molar-refractivity contribution in [3.63, 3.8) is 0 Å². The van der Waals surface area contributed by atoms with Gasteiger partial charge in [0.1, 0.15) is 22.9 Å². The molecule has 58 heavy (non-hydrogen) atoms. The number of pyridine rings is 3. The molecule has 0 saturated carbocycles. The van der Waals surface area contributed by atoms with Gasteiger partial charge in [0.25, 0.3) is 11.5 Å². The quantitative estimate of drug-likeness (QED) is 0.183. The molecule has 3 amide bonds. The molecule has 3 aliphatic heterocycles. The van der Waals surface area contributed by atoms with Crippen molar-refractivity contribution in [2.45, 2.75) is 38.5 Å². The minimum atomic E-state index is -0.471. The Hall–Kier alpha value is -6.92. The zero-order valence-electron chi connectivity index (χ0n) is 32.0. The molecule has 9 rings (SSSR count). The summed E-state index contributed by atoms with van der Waals surface area (Å²) in [7, 11) is 1.80. The molecule has 3 aliphatic rings. The highest BCUT2D eigenvalue weighted by Gasteiger charge is 2.31. The van der Waals surface area contributed by atoms with Crippen molar-refractivity contribution in [3.05, 3.63) is 99.6 Å². The molecule has 0 aliphatic carbocycles. The minimum Gasteiger partial charge on any atom is -0.464 e. The van der Waals surface area contributed by atoms with E-state index in [0.717, 1.165) is 57.7 Å². The van der Waals surface area contributed by atoms with Crippen LogP contribution in [0.4, 0.5) is 17.3 Å². The van der Waals surface area contributed by atoms with Gasteiger partial charge in [-0.05, 0) is 62.6 Å². The number of carbonyl (C=O) groups excluding carboxylic acids is 3. The molecule has 5 aromatic heterocycles. The van der Waals surface area contributed by atoms with Gasteiger partial charge in [-0.1, -0.05) is 11.8 Å². The fraction of sp³-hybridized carbons (Fsp3) is 0.302. The van der Waals surface area contributed by atoms with Gasteiger partial charge in [0.15, 0.2) is 5.82 Å². The SMILES string of the molecule is Cc1cc2c(N3CCCc4nc(-c5ccc(C(=O)NCC#Cc6ccc7occ([C@@H]8CCC(=O)NC8=O)c7c6)nc5)ncc43)nc(N3CCOCC3)cc2n(C)c1=O. The van der Waals surface area contributed by atoms with Crippen molar-refractivity contribution in [1.29, 1.82) is 0 Å². The predicted molar refractivity (Wildman–Crippen MR) is 216 cm³/mol. The summed E-state index contributed by atoms with van der Waals surface area (Å²) >= 11 is 0. The van der Waals surface area contributed by atoms with Crippen molar-refractivity contribution < 1.29 is 23.5 Å². The largest absolute Gasteiger partial charge is 0.464 e. The number of imide groups is 1. The first-order chi connectivity index (χ1) is 28.2. The highest BCUT2D eigenvalue weighted by molar-refractivity contribution is 6.03. The molecular weight excluding hydrogens is 739 g/mol. The lowest BCUT2D eigenvalue weighted by Gasteiger charge is -2.33. The second-order valence-corrected chi connectivity index (χ2v) is 14.6. The van der Waals surface area contributed by atoms with Crippen LogP contribution in [0.3, 0.4) is 0 Å². The Morgan fingerprint density at radius 2 is 1.84 bits per heavy atom. The summed E-state index contributed by atoms with van der Waals surface area (Å²) in [6, 6.07) is 12.8. The van der Waals surface area contributed by atoms with E-state index in [4.69, 9.17) is 24.1 Å². The maximum Gasteiger partial charge on any atom is 0.270 e. The highest BCUT2D eigenvalue weighted by Crippen LogP contribution is 2.38. The number of nitrogens with zero attached hydrogens (tertiary/aromatic N) is 7. The maximum atomic E-state index is 13.0. The van der Waals surface area contributed by atoms with Gasteiger partial charge in [0.2, 0.25) is 11.8 Å². The van der Waals surface area contributed by atoms with E-state index in [0.29, 0.717) is 67.4 Å². The third-order valence-electron chi connectivity index (χ3n) is 10.9. The zero-order chi connectivity index (χ0) is 39.9. The monoisotopic (exact) mass is 777 g/mol. The van der Waals surface area contributed by atoms with Crippen molar-refractivity contribution in [2.75, 3.05) is 49.2 Å². The van der Waals surface area contributed by atoms with Gasteiger partial charge in [-0.25, -0.2) is 15.0 Å². The normalized spacial score (nSPS) is 16.8. The van der Waals surface area contributed by atoms with E-state index in [2.05, 4.69) is 37.3 Å². The predicted octanol–water partition coefficient (Wildman–Crippen LogP) is 4.06. The Labute approximate surface area is 332 Å². The lowest BCUT2D eigenvalue weighted by molar-refractivity contribution is -0.134. The number of fused-ring (bicyclic) bond motifs is 3. The first kappa shape index (κ1) is 36.7. The highest BCUT2D eigenvalue weighted by atomic mass is 16.5. The smallest absolute Gasteiger partial charge is 0.270 e. The molecule has 2 N–H and O–H groups in total. The Bertz CT molecular complexity index is 2760. The maximum absolute atomic E-state index is 13.0. The van der Waals surface area contributed by atoms with Gasteiger partial charge in [-0.15, -0.1) is 0 Å². The number of carbonyl (C=O) groups is 3. The molecule has 15 nitrogen and oxygen atoms in total. The summed E-state index contributed by atoms with van der Waals surface area (Å²) in [6.45, 7) is 5.29. The topological polar surface area (TPSA) is 178 Å². The van der Waals surface area contributed by atoms with Crippen molar-refractivity contribution >= 4 is 56.9 Å². The molecule has 15 heteroatoms. The third kappa shape index (κ3) is 6.92. The molecule has 292 valence electrons. The van der Waals surface area contributed by atoms with Gasteiger partial charge in [0, 0.05) is 78.4 Å². The van der Waals surface area contributed by atoms with Crippen LogP contribution >= 0.6 is 0 Å². The number of benzene rings is 1. The van der Waals surface area contributed by atoms with Crippen LogP contribution in [0, 0.1) is 18.8 Å². The Kier molecular flexibility index (Phi) is 9.62. The second kappa shape index (κ2) is 15.2. The van der Waals surface area contributed by atoms with Crippen LogP contribution in [0.25, 0.3) is 33.3 Å². The molecule has 0 radical (unpaired) electrons. The van der Waals surface area contributed by atoms with Gasteiger partial charge in [-0.3, -0.25) is 29.5 Å². The molecule has 0 unspecified atom stereocenters. The number of aromatic nitrogens is 5. The van der Waals surface area contributed by atoms with E-state index in [9.17, 15) is 19.2 Å². The molecule has 2 saturated heterocycles.